The van der Waals surface area contributed by atoms with Gasteiger partial charge >= 0.3 is 21.7 Å². The first-order valence-electron chi connectivity index (χ1n) is 8.24. The van der Waals surface area contributed by atoms with E-state index in [1.54, 1.807) is 0 Å². The molecule has 134 valence electrons. The van der Waals surface area contributed by atoms with Crippen LogP contribution in [0, 0.1) is 34.6 Å². The number of hydrogen-bond acceptors (Lipinski definition) is 3. The molecule has 23 heavy (non-hydrogen) atoms. The molecule has 0 bridgehead atoms. The third-order valence-electron chi connectivity index (χ3n) is 3.42. The maximum absolute atomic E-state index is 9.30. The molecule has 0 aliphatic carbocycles. The van der Waals surface area contributed by atoms with Gasteiger partial charge in [0.2, 0.25) is 0 Å². The van der Waals surface area contributed by atoms with Crippen LogP contribution in [0.15, 0.2) is 0 Å². The van der Waals surface area contributed by atoms with Crippen LogP contribution in [0.2, 0.25) is 0 Å². The van der Waals surface area contributed by atoms with Crippen molar-refractivity contribution in [2.45, 2.75) is 74.7 Å². The molecule has 0 saturated carbocycles. The summed E-state index contributed by atoms with van der Waals surface area (Å²) in [6.45, 7) is 16.8. The minimum atomic E-state index is 0. The van der Waals surface area contributed by atoms with Crippen molar-refractivity contribution in [3.63, 3.8) is 0 Å². The van der Waals surface area contributed by atoms with Crippen LogP contribution >= 0.6 is 0 Å². The van der Waals surface area contributed by atoms with Gasteiger partial charge in [0, 0.05) is 0 Å². The van der Waals surface area contributed by atoms with Gasteiger partial charge in [0.05, 0.1) is 0 Å². The minimum absolute atomic E-state index is 0. The van der Waals surface area contributed by atoms with E-state index in [1.807, 2.05) is 20.8 Å². The molecule has 0 N–H and O–H groups in total. The average molecular weight is 360 g/mol. The van der Waals surface area contributed by atoms with Gasteiger partial charge in [-0.1, -0.05) is 74.7 Å². The second-order valence-corrected chi connectivity index (χ2v) is 5.24. The summed E-state index contributed by atoms with van der Waals surface area (Å²) in [4.78, 5) is 0. The Hall–Kier alpha value is -0.0557. The first-order valence-corrected chi connectivity index (χ1v) is 8.24. The largest absolute Gasteiger partial charge is 4.00 e. The molecule has 1 aromatic rings. The first kappa shape index (κ1) is 30.8. The molecule has 0 aliphatic rings. The van der Waals surface area contributed by atoms with Crippen LogP contribution in [0.4, 0.5) is 0 Å². The molecule has 3 nitrogen and oxygen atoms in total. The zero-order valence-corrected chi connectivity index (χ0v) is 18.0. The predicted molar refractivity (Wildman–Crippen MR) is 91.2 cm³/mol. The summed E-state index contributed by atoms with van der Waals surface area (Å²) >= 11 is 0. The zero-order chi connectivity index (χ0) is 18.1. The topological polar surface area (TPSA) is 69.2 Å². The Morgan fingerprint density at radius 3 is 0.870 bits per heavy atom. The van der Waals surface area contributed by atoms with Crippen LogP contribution in [-0.4, -0.2) is 19.8 Å². The van der Waals surface area contributed by atoms with E-state index in [0.717, 1.165) is 19.3 Å². The van der Waals surface area contributed by atoms with Crippen molar-refractivity contribution in [3.8, 4) is 0 Å². The van der Waals surface area contributed by atoms with Gasteiger partial charge in [0.25, 0.3) is 0 Å². The number of rotatable bonds is 3. The van der Waals surface area contributed by atoms with E-state index < -0.39 is 0 Å². The van der Waals surface area contributed by atoms with Crippen LogP contribution in [0.5, 0.6) is 0 Å². The zero-order valence-electron chi connectivity index (χ0n) is 16.5. The van der Waals surface area contributed by atoms with E-state index in [9.17, 15) is 15.3 Å². The third-order valence-corrected chi connectivity index (χ3v) is 3.42. The SMILES string of the molecule is CCC[O-].CCC[O-].CCC[O-].Cc1c(C)c(C)[c-](C)c1C.[Ti+4]. The van der Waals surface area contributed by atoms with E-state index in [4.69, 9.17) is 0 Å². The molecule has 1 rings (SSSR count). The fraction of sp³-hybridized carbons (Fsp3) is 0.737. The second-order valence-electron chi connectivity index (χ2n) is 5.24. The Labute approximate surface area is 159 Å². The van der Waals surface area contributed by atoms with E-state index >= 15 is 0 Å². The van der Waals surface area contributed by atoms with E-state index in [1.165, 1.54) is 27.8 Å². The van der Waals surface area contributed by atoms with Crippen molar-refractivity contribution < 1.29 is 37.0 Å². The van der Waals surface area contributed by atoms with Gasteiger partial charge in [0.1, 0.15) is 0 Å². The quantitative estimate of drug-likeness (QED) is 0.613. The fourth-order valence-corrected chi connectivity index (χ4v) is 1.41. The standard InChI is InChI=1S/C10H15.3C3H7O.Ti/c1-6-7(2)9(4)10(5)8(6)3;3*1-2-3-4;/h1-5H3;3*2-3H2,1H3;/q4*-1;+4. The normalized spacial score (nSPS) is 8.48. The second kappa shape index (κ2) is 21.9. The van der Waals surface area contributed by atoms with Gasteiger partial charge in [-0.25, -0.2) is 0 Å². The molecule has 0 aliphatic heterocycles. The molecule has 0 spiro atoms. The summed E-state index contributed by atoms with van der Waals surface area (Å²) in [5.41, 5.74) is 7.34. The molecular weight excluding hydrogens is 324 g/mol. The van der Waals surface area contributed by atoms with Gasteiger partial charge in [-0.05, 0) is 0 Å². The smallest absolute Gasteiger partial charge is 0.854 e. The molecule has 0 unspecified atom stereocenters. The monoisotopic (exact) mass is 360 g/mol. The fourth-order valence-electron chi connectivity index (χ4n) is 1.41. The van der Waals surface area contributed by atoms with Crippen molar-refractivity contribution in [1.82, 2.24) is 0 Å². The number of hydrogen-bond donors (Lipinski definition) is 0. The summed E-state index contributed by atoms with van der Waals surface area (Å²) in [5.74, 6) is 0. The third kappa shape index (κ3) is 16.6. The van der Waals surface area contributed by atoms with Gasteiger partial charge < -0.3 is 15.3 Å². The maximum Gasteiger partial charge on any atom is 4.00 e. The Kier molecular flexibility index (Phi) is 29.4. The van der Waals surface area contributed by atoms with Crippen LogP contribution in [-0.2, 0) is 21.7 Å². The molecular formula is C19H36O3Ti. The summed E-state index contributed by atoms with van der Waals surface area (Å²) in [7, 11) is 0. The molecule has 0 atom stereocenters. The summed E-state index contributed by atoms with van der Waals surface area (Å²) < 4.78 is 0. The van der Waals surface area contributed by atoms with Crippen LogP contribution < -0.4 is 15.3 Å². The first-order chi connectivity index (χ1) is 10.3. The van der Waals surface area contributed by atoms with E-state index in [-0.39, 0.29) is 41.5 Å². The Morgan fingerprint density at radius 2 is 0.826 bits per heavy atom. The van der Waals surface area contributed by atoms with Gasteiger partial charge in [-0.2, -0.15) is 27.8 Å². The molecule has 0 amide bonds. The average Bonchev–Trinajstić information content (AvgIpc) is 2.73. The van der Waals surface area contributed by atoms with Crippen molar-refractivity contribution in [2.24, 2.45) is 0 Å². The van der Waals surface area contributed by atoms with Crippen molar-refractivity contribution in [3.05, 3.63) is 27.8 Å². The summed E-state index contributed by atoms with van der Waals surface area (Å²) in [6.07, 6.45) is 2.29. The van der Waals surface area contributed by atoms with E-state index in [2.05, 4.69) is 34.6 Å². The van der Waals surface area contributed by atoms with Crippen LogP contribution in [0.25, 0.3) is 0 Å². The molecule has 4 heteroatoms. The Balaban J connectivity index is -0.000000118. The van der Waals surface area contributed by atoms with Gasteiger partial charge in [-0.15, -0.1) is 19.8 Å². The van der Waals surface area contributed by atoms with Crippen molar-refractivity contribution >= 4 is 0 Å². The van der Waals surface area contributed by atoms with Gasteiger partial charge in [-0.3, -0.25) is 0 Å². The minimum Gasteiger partial charge on any atom is -0.854 e. The Bertz CT molecular complexity index is 251. The summed E-state index contributed by atoms with van der Waals surface area (Å²) in [6, 6.07) is 0. The molecule has 0 radical (unpaired) electrons. The molecule has 0 aromatic heterocycles. The predicted octanol–water partition coefficient (Wildman–Crippen LogP) is 2.22. The van der Waals surface area contributed by atoms with Crippen LogP contribution in [0.1, 0.15) is 67.9 Å². The molecule has 0 heterocycles. The maximum atomic E-state index is 9.30. The summed E-state index contributed by atoms with van der Waals surface area (Å²) in [5, 5.41) is 27.9. The molecule has 0 saturated heterocycles. The van der Waals surface area contributed by atoms with Crippen LogP contribution in [0.3, 0.4) is 0 Å². The van der Waals surface area contributed by atoms with Crippen molar-refractivity contribution in [1.29, 1.82) is 0 Å². The molecule has 0 fully saturated rings. The van der Waals surface area contributed by atoms with E-state index in [0.29, 0.717) is 0 Å². The molecule has 1 aromatic carbocycles. The van der Waals surface area contributed by atoms with Gasteiger partial charge in [0.15, 0.2) is 0 Å². The Morgan fingerprint density at radius 1 is 0.652 bits per heavy atom. The van der Waals surface area contributed by atoms with Crippen molar-refractivity contribution in [2.75, 3.05) is 19.8 Å².